The molecule has 9 rings (SSSR count). The number of H-pyrrole nitrogens is 1. The molecule has 4 heterocycles. The van der Waals surface area contributed by atoms with Gasteiger partial charge in [0.05, 0.1) is 68.3 Å². The van der Waals surface area contributed by atoms with Crippen molar-refractivity contribution < 1.29 is 19.4 Å². The number of para-hydroxylation sites is 2. The van der Waals surface area contributed by atoms with Crippen LogP contribution < -0.4 is 20.4 Å². The Balaban J connectivity index is 1.03. The number of rotatable bonds is 12. The number of aromatic amines is 1. The van der Waals surface area contributed by atoms with E-state index in [0.717, 1.165) is 39.3 Å². The first-order valence-electron chi connectivity index (χ1n) is 20.2. The second-order valence-electron chi connectivity index (χ2n) is 16.4. The molecule has 2 N–H and O–H groups in total. The van der Waals surface area contributed by atoms with E-state index in [9.17, 15) is 9.90 Å². The number of benzene rings is 5. The van der Waals surface area contributed by atoms with Gasteiger partial charge in [-0.2, -0.15) is 0 Å². The monoisotopic (exact) mass is 804 g/mol. The number of amides is 1. The minimum Gasteiger partial charge on any atom is -0.497 e. The summed E-state index contributed by atoms with van der Waals surface area (Å²) in [4.78, 5) is 30.3. The van der Waals surface area contributed by atoms with Crippen molar-refractivity contribution in [3.05, 3.63) is 166 Å². The van der Waals surface area contributed by atoms with Gasteiger partial charge in [0.1, 0.15) is 5.75 Å². The van der Waals surface area contributed by atoms with Crippen molar-refractivity contribution in [1.82, 2.24) is 24.8 Å². The van der Waals surface area contributed by atoms with E-state index in [1.165, 1.54) is 5.19 Å². The number of nitrogens with one attached hydrogen (secondary N) is 1. The number of hydrogen-bond acceptors (Lipinski definition) is 7. The number of nitrogens with zero attached hydrogens (tertiary/aromatic N) is 5. The number of anilines is 1. The maximum absolute atomic E-state index is 15.3. The van der Waals surface area contributed by atoms with Crippen LogP contribution in [0.2, 0.25) is 18.6 Å². The van der Waals surface area contributed by atoms with Gasteiger partial charge >= 0.3 is 0 Å². The molecule has 1 unspecified atom stereocenters. The lowest BCUT2D eigenvalue weighted by atomic mass is 9.82. The predicted octanol–water partition coefficient (Wildman–Crippen LogP) is 6.90. The highest BCUT2D eigenvalue weighted by Crippen LogP contribution is 2.60. The molecule has 1 amide bonds. The topological polar surface area (TPSA) is 127 Å². The molecule has 5 aromatic carbocycles. The van der Waals surface area contributed by atoms with Gasteiger partial charge in [-0.25, -0.2) is 4.68 Å². The van der Waals surface area contributed by atoms with Gasteiger partial charge in [0.25, 0.3) is 11.5 Å². The highest BCUT2D eigenvalue weighted by molar-refractivity contribution is 6.91. The minimum atomic E-state index is -2.37. The molecule has 2 aliphatic heterocycles. The molecule has 11 nitrogen and oxygen atoms in total. The fourth-order valence-electron chi connectivity index (χ4n) is 9.77. The van der Waals surface area contributed by atoms with Crippen LogP contribution in [0.4, 0.5) is 5.69 Å². The van der Waals surface area contributed by atoms with Crippen molar-refractivity contribution in [2.75, 3.05) is 18.6 Å². The van der Waals surface area contributed by atoms with Gasteiger partial charge in [-0.15, -0.1) is 5.10 Å². The molecule has 1 fully saturated rings. The Kier molecular flexibility index (Phi) is 9.94. The average molecular weight is 805 g/mol. The summed E-state index contributed by atoms with van der Waals surface area (Å²) < 4.78 is 16.3. The number of carbonyl (C=O) groups is 1. The molecule has 2 aromatic heterocycles. The quantitative estimate of drug-likeness (QED) is 0.129. The van der Waals surface area contributed by atoms with E-state index in [-0.39, 0.29) is 41.6 Å². The first-order valence-corrected chi connectivity index (χ1v) is 23.3. The minimum absolute atomic E-state index is 0.0549. The third-order valence-corrected chi connectivity index (χ3v) is 17.2. The van der Waals surface area contributed by atoms with Crippen molar-refractivity contribution in [2.24, 2.45) is 5.92 Å². The summed E-state index contributed by atoms with van der Waals surface area (Å²) in [6.45, 7) is 7.76. The molecular formula is C47H48N6O5Si. The van der Waals surface area contributed by atoms with E-state index < -0.39 is 13.7 Å². The van der Waals surface area contributed by atoms with Crippen molar-refractivity contribution in [3.8, 4) is 11.4 Å². The van der Waals surface area contributed by atoms with E-state index in [1.807, 2.05) is 125 Å². The van der Waals surface area contributed by atoms with Gasteiger partial charge < -0.3 is 19.5 Å². The average Bonchev–Trinajstić information content (AvgIpc) is 4.01. The SMILES string of the molecule is COc1ccc([Si](C)(C)[C@H]2[C@H](CCn3cc(C(CO)c4ccccc4)nn3)O[C@@]3(C(=O)N(Cc4ccc(-n5[nH]c6ccccc6c5=O)cc4)c4ccccc43)[C@@H]2C)cc1. The third kappa shape index (κ3) is 6.51. The Morgan fingerprint density at radius 3 is 2.34 bits per heavy atom. The fraction of sp³-hybridized carbons (Fsp3) is 0.277. The summed E-state index contributed by atoms with van der Waals surface area (Å²) in [5.74, 6) is 0.301. The molecule has 12 heteroatoms. The van der Waals surface area contributed by atoms with Crippen LogP contribution in [0.15, 0.2) is 138 Å². The molecule has 2 aliphatic rings. The van der Waals surface area contributed by atoms with Gasteiger partial charge in [0.2, 0.25) is 0 Å². The largest absolute Gasteiger partial charge is 0.497 e. The molecule has 0 saturated carbocycles. The second-order valence-corrected chi connectivity index (χ2v) is 21.1. The van der Waals surface area contributed by atoms with Gasteiger partial charge in [0.15, 0.2) is 5.60 Å². The van der Waals surface area contributed by atoms with Crippen LogP contribution in [0.1, 0.15) is 41.6 Å². The van der Waals surface area contributed by atoms with Gasteiger partial charge in [0, 0.05) is 24.2 Å². The fourth-order valence-corrected chi connectivity index (χ4v) is 13.8. The van der Waals surface area contributed by atoms with E-state index >= 15 is 4.79 Å². The van der Waals surface area contributed by atoms with E-state index in [4.69, 9.17) is 9.47 Å². The highest BCUT2D eigenvalue weighted by Gasteiger charge is 2.66. The molecular weight excluding hydrogens is 757 g/mol. The zero-order valence-corrected chi connectivity index (χ0v) is 34.7. The van der Waals surface area contributed by atoms with Crippen molar-refractivity contribution in [2.45, 2.75) is 62.7 Å². The van der Waals surface area contributed by atoms with Crippen molar-refractivity contribution in [1.29, 1.82) is 0 Å². The standard InChI is InChI=1S/C47H48N6O5Si/c1-31-44(59(3,4)36-24-22-35(57-2)23-25-36)43(26-27-51-29-41(48-50-51)38(30-54)33-12-6-5-7-13-33)58-47(31)39-15-9-11-17-42(39)52(46(47)56)28-32-18-20-34(21-19-32)53-45(55)37-14-8-10-16-40(37)49-53/h5-25,29,31,38,43-44,49,54H,26-28,30H2,1-4H3/t31-,38?,43+,44-,47+/m1/s1. The molecule has 5 atom stereocenters. The number of aromatic nitrogens is 5. The molecule has 300 valence electrons. The Morgan fingerprint density at radius 2 is 1.61 bits per heavy atom. The summed E-state index contributed by atoms with van der Waals surface area (Å²) in [5.41, 5.74) is 4.60. The number of aryl methyl sites for hydroxylation is 1. The van der Waals surface area contributed by atoms with Crippen LogP contribution in [-0.4, -0.2) is 63.7 Å². The number of hydrogen-bond donors (Lipinski definition) is 2. The Morgan fingerprint density at radius 1 is 0.898 bits per heavy atom. The third-order valence-electron chi connectivity index (χ3n) is 12.8. The summed E-state index contributed by atoms with van der Waals surface area (Å²) in [6, 6.07) is 41.5. The maximum atomic E-state index is 15.3. The summed E-state index contributed by atoms with van der Waals surface area (Å²) in [5, 5.41) is 24.4. The lowest BCUT2D eigenvalue weighted by molar-refractivity contribution is -0.146. The molecule has 0 aliphatic carbocycles. The number of aliphatic hydroxyl groups excluding tert-OH is 1. The molecule has 0 bridgehead atoms. The molecule has 0 radical (unpaired) electrons. The van der Waals surface area contributed by atoms with E-state index in [0.29, 0.717) is 30.6 Å². The number of aliphatic hydroxyl groups is 1. The highest BCUT2D eigenvalue weighted by atomic mass is 28.3. The molecule has 1 spiro atoms. The zero-order valence-electron chi connectivity index (χ0n) is 33.7. The Hall–Kier alpha value is -6.08. The lowest BCUT2D eigenvalue weighted by Crippen LogP contribution is -2.51. The summed E-state index contributed by atoms with van der Waals surface area (Å²) >= 11 is 0. The summed E-state index contributed by atoms with van der Waals surface area (Å²) in [6.07, 6.45) is 2.27. The van der Waals surface area contributed by atoms with Crippen LogP contribution in [0.5, 0.6) is 5.75 Å². The predicted molar refractivity (Wildman–Crippen MR) is 231 cm³/mol. The van der Waals surface area contributed by atoms with Crippen LogP contribution in [0.25, 0.3) is 16.6 Å². The first kappa shape index (κ1) is 38.4. The van der Waals surface area contributed by atoms with Crippen LogP contribution in [0.3, 0.4) is 0 Å². The molecule has 7 aromatic rings. The Labute approximate surface area is 343 Å². The number of carbonyl (C=O) groups excluding carboxylic acids is 1. The van der Waals surface area contributed by atoms with Crippen LogP contribution >= 0.6 is 0 Å². The van der Waals surface area contributed by atoms with Crippen LogP contribution in [-0.2, 0) is 28.2 Å². The van der Waals surface area contributed by atoms with Crippen molar-refractivity contribution >= 4 is 35.8 Å². The second kappa shape index (κ2) is 15.3. The van der Waals surface area contributed by atoms with Crippen molar-refractivity contribution in [3.63, 3.8) is 0 Å². The normalized spacial score (nSPS) is 20.7. The first-order chi connectivity index (χ1) is 28.6. The van der Waals surface area contributed by atoms with Crippen LogP contribution in [0, 0.1) is 5.92 Å². The Bertz CT molecular complexity index is 2670. The lowest BCUT2D eigenvalue weighted by Gasteiger charge is -2.37. The number of fused-ring (bicyclic) bond motifs is 3. The molecule has 59 heavy (non-hydrogen) atoms. The molecule has 1 saturated heterocycles. The van der Waals surface area contributed by atoms with Gasteiger partial charge in [-0.1, -0.05) is 115 Å². The van der Waals surface area contributed by atoms with Gasteiger partial charge in [-0.3, -0.25) is 19.4 Å². The number of ether oxygens (including phenoxy) is 2. The smallest absolute Gasteiger partial charge is 0.279 e. The summed E-state index contributed by atoms with van der Waals surface area (Å²) in [7, 11) is -0.689. The van der Waals surface area contributed by atoms with E-state index in [1.54, 1.807) is 11.8 Å². The maximum Gasteiger partial charge on any atom is 0.279 e. The van der Waals surface area contributed by atoms with E-state index in [2.05, 4.69) is 53.6 Å². The zero-order chi connectivity index (χ0) is 40.9. The number of methoxy groups -OCH3 is 1. The van der Waals surface area contributed by atoms with Gasteiger partial charge in [-0.05, 0) is 65.6 Å².